The molecule has 4 nitrogen and oxygen atoms in total. The second-order valence-electron chi connectivity index (χ2n) is 5.03. The van der Waals surface area contributed by atoms with Gasteiger partial charge >= 0.3 is 0 Å². The average Bonchev–Trinajstić information content (AvgIpc) is 2.56. The van der Waals surface area contributed by atoms with Gasteiger partial charge < -0.3 is 16.0 Å². The largest absolute Gasteiger partial charge is 0.339 e. The maximum absolute atomic E-state index is 12.5. The molecule has 1 amide bonds. The summed E-state index contributed by atoms with van der Waals surface area (Å²) in [7, 11) is 0. The van der Waals surface area contributed by atoms with Gasteiger partial charge in [-0.1, -0.05) is 58.5 Å². The Kier molecular flexibility index (Phi) is 7.82. The van der Waals surface area contributed by atoms with Gasteiger partial charge in [0.05, 0.1) is 5.56 Å². The van der Waals surface area contributed by atoms with Gasteiger partial charge in [-0.15, -0.1) is 0 Å². The number of rotatable bonds is 4. The van der Waals surface area contributed by atoms with Crippen molar-refractivity contribution in [3.8, 4) is 0 Å². The van der Waals surface area contributed by atoms with E-state index in [1.807, 2.05) is 0 Å². The van der Waals surface area contributed by atoms with E-state index in [1.54, 1.807) is 48.5 Å². The average molecular weight is 516 g/mol. The predicted molar refractivity (Wildman–Crippen MR) is 116 cm³/mol. The van der Waals surface area contributed by atoms with Gasteiger partial charge in [0.15, 0.2) is 5.11 Å². The number of thiocarbonyl (C=S) groups is 1. The first-order chi connectivity index (χ1) is 12.2. The van der Waals surface area contributed by atoms with Crippen LogP contribution in [0.3, 0.4) is 0 Å². The molecule has 0 saturated heterocycles. The van der Waals surface area contributed by atoms with Crippen molar-refractivity contribution in [3.63, 3.8) is 0 Å². The van der Waals surface area contributed by atoms with E-state index in [-0.39, 0.29) is 5.11 Å². The highest BCUT2D eigenvalue weighted by Crippen LogP contribution is 2.29. The summed E-state index contributed by atoms with van der Waals surface area (Å²) < 4.78 is -1.23. The van der Waals surface area contributed by atoms with E-state index in [1.165, 1.54) is 0 Å². The van der Waals surface area contributed by atoms with Crippen molar-refractivity contribution in [2.45, 2.75) is 9.96 Å². The molecule has 0 bridgehead atoms. The van der Waals surface area contributed by atoms with Crippen LogP contribution in [0.15, 0.2) is 53.0 Å². The summed E-state index contributed by atoms with van der Waals surface area (Å²) in [6, 6.07) is 13.8. The molecule has 0 aromatic heterocycles. The van der Waals surface area contributed by atoms with Crippen molar-refractivity contribution in [2.24, 2.45) is 0 Å². The highest BCUT2D eigenvalue weighted by molar-refractivity contribution is 9.10. The number of benzene rings is 2. The minimum absolute atomic E-state index is 0.163. The first kappa shape index (κ1) is 21.5. The molecule has 1 unspecified atom stereocenters. The van der Waals surface area contributed by atoms with E-state index >= 15 is 0 Å². The standard InChI is InChI=1S/C16H12BrCl4N3OS/c17-12-4-2-1-3-11(12)13(25)23-14(16(19,20)21)24-15(26)22-10-7-5-9(18)6-8-10/h1-8,14H,(H,23,25)(H2,22,24,26). The Labute approximate surface area is 184 Å². The first-order valence-electron chi connectivity index (χ1n) is 7.12. The summed E-state index contributed by atoms with van der Waals surface area (Å²) in [6.45, 7) is 0. The molecule has 0 aliphatic heterocycles. The van der Waals surface area contributed by atoms with Crippen molar-refractivity contribution < 1.29 is 4.79 Å². The van der Waals surface area contributed by atoms with Crippen LogP contribution in [0.4, 0.5) is 5.69 Å². The van der Waals surface area contributed by atoms with Gasteiger partial charge in [-0.05, 0) is 64.5 Å². The molecule has 0 heterocycles. The van der Waals surface area contributed by atoms with Crippen LogP contribution in [0, 0.1) is 0 Å². The van der Waals surface area contributed by atoms with Gasteiger partial charge in [0.25, 0.3) is 5.91 Å². The topological polar surface area (TPSA) is 53.2 Å². The Hall–Kier alpha value is -0.760. The van der Waals surface area contributed by atoms with Crippen molar-refractivity contribution in [1.29, 1.82) is 0 Å². The minimum atomic E-state index is -1.84. The van der Waals surface area contributed by atoms with Crippen LogP contribution in [-0.4, -0.2) is 21.0 Å². The van der Waals surface area contributed by atoms with E-state index in [9.17, 15) is 4.79 Å². The second-order valence-corrected chi connectivity index (χ2v) is 9.10. The van der Waals surface area contributed by atoms with Crippen LogP contribution in [0.25, 0.3) is 0 Å². The molecule has 1 atom stereocenters. The molecule has 2 rings (SSSR count). The van der Waals surface area contributed by atoms with Crippen LogP contribution < -0.4 is 16.0 Å². The zero-order valence-corrected chi connectivity index (χ0v) is 18.3. The minimum Gasteiger partial charge on any atom is -0.339 e. The Morgan fingerprint density at radius 1 is 1.04 bits per heavy atom. The van der Waals surface area contributed by atoms with Crippen molar-refractivity contribution >= 4 is 91.3 Å². The third-order valence-electron chi connectivity index (χ3n) is 3.10. The van der Waals surface area contributed by atoms with Gasteiger partial charge in [0.1, 0.15) is 6.17 Å². The Balaban J connectivity index is 2.07. The lowest BCUT2D eigenvalue weighted by atomic mass is 10.2. The number of halogens is 5. The number of alkyl halides is 3. The molecule has 0 saturated carbocycles. The van der Waals surface area contributed by atoms with E-state index < -0.39 is 15.9 Å². The maximum Gasteiger partial charge on any atom is 0.254 e. The second kappa shape index (κ2) is 9.44. The third kappa shape index (κ3) is 6.44. The van der Waals surface area contributed by atoms with E-state index in [0.717, 1.165) is 0 Å². The van der Waals surface area contributed by atoms with Crippen LogP contribution in [-0.2, 0) is 0 Å². The smallest absolute Gasteiger partial charge is 0.254 e. The summed E-state index contributed by atoms with van der Waals surface area (Å²) in [6.07, 6.45) is -1.07. The van der Waals surface area contributed by atoms with Crippen molar-refractivity contribution in [2.75, 3.05) is 5.32 Å². The van der Waals surface area contributed by atoms with E-state index in [2.05, 4.69) is 31.9 Å². The van der Waals surface area contributed by atoms with Crippen LogP contribution in [0.1, 0.15) is 10.4 Å². The molecular formula is C16H12BrCl4N3OS. The summed E-state index contributed by atoms with van der Waals surface area (Å²) in [5.74, 6) is -0.435. The fraction of sp³-hybridized carbons (Fsp3) is 0.125. The number of nitrogens with one attached hydrogen (secondary N) is 3. The number of carbonyl (C=O) groups excluding carboxylic acids is 1. The summed E-state index contributed by atoms with van der Waals surface area (Å²) in [5, 5.41) is 9.08. The maximum atomic E-state index is 12.5. The number of amides is 1. The molecule has 0 aliphatic carbocycles. The van der Waals surface area contributed by atoms with Crippen LogP contribution >= 0.6 is 74.6 Å². The van der Waals surface area contributed by atoms with Crippen LogP contribution in [0.5, 0.6) is 0 Å². The molecule has 26 heavy (non-hydrogen) atoms. The van der Waals surface area contributed by atoms with Gasteiger partial charge in [-0.3, -0.25) is 4.79 Å². The molecule has 10 heteroatoms. The number of hydrogen-bond acceptors (Lipinski definition) is 2. The quantitative estimate of drug-likeness (QED) is 0.285. The molecule has 0 aliphatic rings. The summed E-state index contributed by atoms with van der Waals surface area (Å²) >= 11 is 32.3. The molecule has 0 fully saturated rings. The van der Waals surface area contributed by atoms with Gasteiger partial charge in [-0.25, -0.2) is 0 Å². The van der Waals surface area contributed by atoms with Gasteiger partial charge in [0, 0.05) is 15.2 Å². The fourth-order valence-electron chi connectivity index (χ4n) is 1.89. The molecule has 138 valence electrons. The Bertz CT molecular complexity index is 799. The number of hydrogen-bond donors (Lipinski definition) is 3. The Morgan fingerprint density at radius 3 is 2.23 bits per heavy atom. The Morgan fingerprint density at radius 2 is 1.65 bits per heavy atom. The normalized spacial score (nSPS) is 12.2. The highest BCUT2D eigenvalue weighted by atomic mass is 79.9. The molecule has 2 aromatic rings. The van der Waals surface area contributed by atoms with Crippen LogP contribution in [0.2, 0.25) is 5.02 Å². The van der Waals surface area contributed by atoms with Gasteiger partial charge in [0.2, 0.25) is 3.79 Å². The summed E-state index contributed by atoms with van der Waals surface area (Å²) in [5.41, 5.74) is 1.08. The van der Waals surface area contributed by atoms with E-state index in [4.69, 9.17) is 58.6 Å². The number of carbonyl (C=O) groups is 1. The van der Waals surface area contributed by atoms with Gasteiger partial charge in [-0.2, -0.15) is 0 Å². The molecule has 3 N–H and O–H groups in total. The fourth-order valence-corrected chi connectivity index (χ4v) is 3.04. The summed E-state index contributed by atoms with van der Waals surface area (Å²) in [4.78, 5) is 12.5. The lowest BCUT2D eigenvalue weighted by Crippen LogP contribution is -2.56. The monoisotopic (exact) mass is 513 g/mol. The van der Waals surface area contributed by atoms with E-state index in [0.29, 0.717) is 20.7 Å². The zero-order valence-electron chi connectivity index (χ0n) is 12.9. The first-order valence-corrected chi connectivity index (χ1v) is 9.83. The van der Waals surface area contributed by atoms with Crippen molar-refractivity contribution in [1.82, 2.24) is 10.6 Å². The lowest BCUT2D eigenvalue weighted by Gasteiger charge is -2.28. The lowest BCUT2D eigenvalue weighted by molar-refractivity contribution is 0.0934. The third-order valence-corrected chi connectivity index (χ3v) is 4.92. The molecule has 0 spiro atoms. The number of anilines is 1. The SMILES string of the molecule is O=C(NC(NC(=S)Nc1ccc(Cl)cc1)C(Cl)(Cl)Cl)c1ccccc1Br. The molecule has 0 radical (unpaired) electrons. The zero-order chi connectivity index (χ0) is 19.3. The predicted octanol–water partition coefficient (Wildman–Crippen LogP) is 5.52. The molecule has 2 aromatic carbocycles. The highest BCUT2D eigenvalue weighted by Gasteiger charge is 2.35. The molecular weight excluding hydrogens is 504 g/mol. The van der Waals surface area contributed by atoms with Crippen molar-refractivity contribution in [3.05, 3.63) is 63.6 Å².